The molecule has 0 aliphatic heterocycles. The maximum Gasteiger partial charge on any atom is 0.256 e. The second-order valence-corrected chi connectivity index (χ2v) is 8.09. The van der Waals surface area contributed by atoms with Gasteiger partial charge in [0.05, 0.1) is 29.1 Å². The molecule has 0 bridgehead atoms. The SMILES string of the molecule is Cc1ccc(C(=O)N(Cc2ccccc2)Cc2nc(N(C)C)ncc2-c2cc(C)no2)cn1. The van der Waals surface area contributed by atoms with Gasteiger partial charge in [0, 0.05) is 44.8 Å². The lowest BCUT2D eigenvalue weighted by Crippen LogP contribution is -2.31. The fraction of sp³-hybridized carbons (Fsp3) is 0.240. The quantitative estimate of drug-likeness (QED) is 0.427. The minimum absolute atomic E-state index is 0.129. The number of amides is 1. The molecule has 0 aliphatic carbocycles. The third-order valence-electron chi connectivity index (χ3n) is 5.15. The van der Waals surface area contributed by atoms with E-state index in [0.717, 1.165) is 17.0 Å². The van der Waals surface area contributed by atoms with Crippen molar-refractivity contribution in [3.8, 4) is 11.3 Å². The van der Waals surface area contributed by atoms with Gasteiger partial charge in [-0.1, -0.05) is 35.5 Å². The van der Waals surface area contributed by atoms with Crippen molar-refractivity contribution in [2.24, 2.45) is 0 Å². The van der Waals surface area contributed by atoms with Crippen LogP contribution in [0.25, 0.3) is 11.3 Å². The zero-order chi connectivity index (χ0) is 23.4. The number of nitrogens with zero attached hydrogens (tertiary/aromatic N) is 6. The van der Waals surface area contributed by atoms with Gasteiger partial charge in [0.25, 0.3) is 5.91 Å². The summed E-state index contributed by atoms with van der Waals surface area (Å²) >= 11 is 0. The van der Waals surface area contributed by atoms with E-state index in [1.165, 1.54) is 0 Å². The number of carbonyl (C=O) groups is 1. The number of rotatable bonds is 7. The summed E-state index contributed by atoms with van der Waals surface area (Å²) in [4.78, 5) is 30.6. The average molecular weight is 443 g/mol. The van der Waals surface area contributed by atoms with Gasteiger partial charge < -0.3 is 14.3 Å². The molecule has 0 aliphatic rings. The van der Waals surface area contributed by atoms with Crippen molar-refractivity contribution in [3.05, 3.63) is 89.1 Å². The number of hydrogen-bond donors (Lipinski definition) is 0. The Labute approximate surface area is 192 Å². The minimum atomic E-state index is -0.129. The predicted molar refractivity (Wildman–Crippen MR) is 126 cm³/mol. The molecule has 1 amide bonds. The monoisotopic (exact) mass is 442 g/mol. The van der Waals surface area contributed by atoms with E-state index in [9.17, 15) is 4.79 Å². The highest BCUT2D eigenvalue weighted by atomic mass is 16.5. The number of anilines is 1. The first-order valence-corrected chi connectivity index (χ1v) is 10.6. The van der Waals surface area contributed by atoms with Gasteiger partial charge in [-0.3, -0.25) is 9.78 Å². The summed E-state index contributed by atoms with van der Waals surface area (Å²) in [5.74, 6) is 0.988. The Hall–Kier alpha value is -4.07. The first-order valence-electron chi connectivity index (χ1n) is 10.6. The highest BCUT2D eigenvalue weighted by molar-refractivity contribution is 5.94. The molecule has 0 spiro atoms. The number of carbonyl (C=O) groups excluding carboxylic acids is 1. The summed E-state index contributed by atoms with van der Waals surface area (Å²) in [6, 6.07) is 15.4. The summed E-state index contributed by atoms with van der Waals surface area (Å²) in [5.41, 5.74) is 4.54. The summed E-state index contributed by atoms with van der Waals surface area (Å²) in [5, 5.41) is 4.00. The summed E-state index contributed by atoms with van der Waals surface area (Å²) in [6.07, 6.45) is 3.33. The molecule has 0 fully saturated rings. The standard InChI is InChI=1S/C25H26N6O2/c1-17-10-11-20(13-26-17)24(32)31(15-19-8-6-5-7-9-19)16-22-21(23-12-18(2)29-33-23)14-27-25(28-22)30(3)4/h5-14H,15-16H2,1-4H3. The molecule has 1 aromatic carbocycles. The zero-order valence-electron chi connectivity index (χ0n) is 19.2. The predicted octanol–water partition coefficient (Wildman–Crippen LogP) is 4.05. The molecule has 3 aromatic heterocycles. The third kappa shape index (κ3) is 5.23. The average Bonchev–Trinajstić information content (AvgIpc) is 3.25. The summed E-state index contributed by atoms with van der Waals surface area (Å²) in [7, 11) is 3.75. The van der Waals surface area contributed by atoms with E-state index in [1.54, 1.807) is 23.4 Å². The van der Waals surface area contributed by atoms with Crippen molar-refractivity contribution in [2.45, 2.75) is 26.9 Å². The Bertz CT molecular complexity index is 1240. The lowest BCUT2D eigenvalue weighted by Gasteiger charge is -2.24. The molecule has 3 heterocycles. The molecule has 8 heteroatoms. The first-order chi connectivity index (χ1) is 15.9. The molecule has 0 unspecified atom stereocenters. The van der Waals surface area contributed by atoms with Crippen LogP contribution < -0.4 is 4.90 Å². The van der Waals surface area contributed by atoms with Crippen LogP contribution in [0.5, 0.6) is 0 Å². The second kappa shape index (κ2) is 9.60. The van der Waals surface area contributed by atoms with Gasteiger partial charge in [0.1, 0.15) is 0 Å². The van der Waals surface area contributed by atoms with Crippen molar-refractivity contribution in [2.75, 3.05) is 19.0 Å². The van der Waals surface area contributed by atoms with Gasteiger partial charge in [-0.05, 0) is 31.5 Å². The van der Waals surface area contributed by atoms with Crippen molar-refractivity contribution in [1.82, 2.24) is 25.0 Å². The smallest absolute Gasteiger partial charge is 0.256 e. The van der Waals surface area contributed by atoms with Gasteiger partial charge in [-0.15, -0.1) is 0 Å². The number of aryl methyl sites for hydroxylation is 2. The van der Waals surface area contributed by atoms with E-state index in [4.69, 9.17) is 9.51 Å². The number of aromatic nitrogens is 4. The van der Waals surface area contributed by atoms with Crippen LogP contribution >= 0.6 is 0 Å². The molecule has 8 nitrogen and oxygen atoms in total. The van der Waals surface area contributed by atoms with Gasteiger partial charge in [0.15, 0.2) is 5.76 Å². The first kappa shape index (κ1) is 22.1. The van der Waals surface area contributed by atoms with Gasteiger partial charge in [-0.25, -0.2) is 9.97 Å². The van der Waals surface area contributed by atoms with Crippen LogP contribution in [0.4, 0.5) is 5.95 Å². The molecule has 0 atom stereocenters. The van der Waals surface area contributed by atoms with Gasteiger partial charge in [-0.2, -0.15) is 0 Å². The van der Waals surface area contributed by atoms with Crippen LogP contribution in [-0.4, -0.2) is 45.0 Å². The lowest BCUT2D eigenvalue weighted by atomic mass is 10.1. The third-order valence-corrected chi connectivity index (χ3v) is 5.15. The van der Waals surface area contributed by atoms with Crippen LogP contribution in [0.15, 0.2) is 65.4 Å². The number of hydrogen-bond acceptors (Lipinski definition) is 7. The fourth-order valence-corrected chi connectivity index (χ4v) is 3.40. The van der Waals surface area contributed by atoms with E-state index >= 15 is 0 Å². The van der Waals surface area contributed by atoms with Crippen molar-refractivity contribution < 1.29 is 9.32 Å². The molecule has 0 N–H and O–H groups in total. The van der Waals surface area contributed by atoms with Crippen LogP contribution in [0, 0.1) is 13.8 Å². The summed E-state index contributed by atoms with van der Waals surface area (Å²) in [6.45, 7) is 4.44. The van der Waals surface area contributed by atoms with E-state index in [2.05, 4.69) is 15.1 Å². The highest BCUT2D eigenvalue weighted by Crippen LogP contribution is 2.26. The zero-order valence-corrected chi connectivity index (χ0v) is 19.2. The molecular weight excluding hydrogens is 416 g/mol. The highest BCUT2D eigenvalue weighted by Gasteiger charge is 2.22. The normalized spacial score (nSPS) is 10.8. The minimum Gasteiger partial charge on any atom is -0.356 e. The van der Waals surface area contributed by atoms with Crippen LogP contribution in [0.1, 0.15) is 33.0 Å². The van der Waals surface area contributed by atoms with E-state index < -0.39 is 0 Å². The second-order valence-electron chi connectivity index (χ2n) is 8.09. The molecule has 0 saturated carbocycles. The number of benzene rings is 1. The Balaban J connectivity index is 1.75. The molecule has 4 aromatic rings. The maximum atomic E-state index is 13.5. The summed E-state index contributed by atoms with van der Waals surface area (Å²) < 4.78 is 5.49. The molecular formula is C25H26N6O2. The van der Waals surface area contributed by atoms with Crippen molar-refractivity contribution in [1.29, 1.82) is 0 Å². The topological polar surface area (TPSA) is 88.3 Å². The molecule has 4 rings (SSSR count). The largest absolute Gasteiger partial charge is 0.356 e. The van der Waals surface area contributed by atoms with Crippen LogP contribution in [0.2, 0.25) is 0 Å². The van der Waals surface area contributed by atoms with E-state index in [-0.39, 0.29) is 12.5 Å². The van der Waals surface area contributed by atoms with Crippen LogP contribution in [-0.2, 0) is 13.1 Å². The maximum absolute atomic E-state index is 13.5. The molecule has 0 radical (unpaired) electrons. The fourth-order valence-electron chi connectivity index (χ4n) is 3.40. The van der Waals surface area contributed by atoms with E-state index in [0.29, 0.717) is 35.1 Å². The number of pyridine rings is 1. The van der Waals surface area contributed by atoms with Crippen molar-refractivity contribution >= 4 is 11.9 Å². The van der Waals surface area contributed by atoms with Gasteiger partial charge >= 0.3 is 0 Å². The molecule has 168 valence electrons. The Morgan fingerprint density at radius 2 is 1.73 bits per heavy atom. The van der Waals surface area contributed by atoms with Crippen molar-refractivity contribution in [3.63, 3.8) is 0 Å². The van der Waals surface area contributed by atoms with Crippen LogP contribution in [0.3, 0.4) is 0 Å². The molecule has 0 saturated heterocycles. The molecule has 33 heavy (non-hydrogen) atoms. The Morgan fingerprint density at radius 3 is 2.36 bits per heavy atom. The lowest BCUT2D eigenvalue weighted by molar-refractivity contribution is 0.0727. The Morgan fingerprint density at radius 1 is 0.939 bits per heavy atom. The van der Waals surface area contributed by atoms with Gasteiger partial charge in [0.2, 0.25) is 5.95 Å². The Kier molecular flexibility index (Phi) is 6.44. The van der Waals surface area contributed by atoms with E-state index in [1.807, 2.05) is 75.3 Å².